The van der Waals surface area contributed by atoms with Crippen molar-refractivity contribution in [1.82, 2.24) is 10.2 Å². The quantitative estimate of drug-likeness (QED) is 0.298. The summed E-state index contributed by atoms with van der Waals surface area (Å²) < 4.78 is 6.08. The molecule has 0 aliphatic carbocycles. The van der Waals surface area contributed by atoms with Crippen molar-refractivity contribution >= 4 is 22.6 Å². The van der Waals surface area contributed by atoms with Gasteiger partial charge >= 0.3 is 0 Å². The maximum Gasteiger partial charge on any atom is 0.261 e. The van der Waals surface area contributed by atoms with Crippen LogP contribution in [0.5, 0.6) is 5.75 Å². The van der Waals surface area contributed by atoms with E-state index in [0.717, 1.165) is 27.5 Å². The number of hydrogen-bond acceptors (Lipinski definition) is 3. The highest BCUT2D eigenvalue weighted by Gasteiger charge is 2.32. The number of aryl methyl sites for hydroxylation is 1. The second kappa shape index (κ2) is 12.0. The molecule has 1 N–H and O–H groups in total. The van der Waals surface area contributed by atoms with Gasteiger partial charge < -0.3 is 15.0 Å². The maximum absolute atomic E-state index is 13.9. The Labute approximate surface area is 225 Å². The molecule has 4 aromatic rings. The summed E-state index contributed by atoms with van der Waals surface area (Å²) in [4.78, 5) is 29.2. The number of nitrogens with zero attached hydrogens (tertiary/aromatic N) is 1. The Hall–Kier alpha value is -4.12. The molecule has 0 heterocycles. The molecule has 1 atom stereocenters. The zero-order chi connectivity index (χ0) is 27.1. The fourth-order valence-electron chi connectivity index (χ4n) is 4.56. The highest BCUT2D eigenvalue weighted by atomic mass is 16.5. The first-order valence-electron chi connectivity index (χ1n) is 13.0. The van der Waals surface area contributed by atoms with Gasteiger partial charge in [0.15, 0.2) is 6.61 Å². The summed E-state index contributed by atoms with van der Waals surface area (Å²) in [6, 6.07) is 30.9. The first-order valence-corrected chi connectivity index (χ1v) is 13.0. The van der Waals surface area contributed by atoms with Crippen LogP contribution in [-0.4, -0.2) is 34.9 Å². The van der Waals surface area contributed by atoms with Crippen LogP contribution in [0.25, 0.3) is 10.8 Å². The van der Waals surface area contributed by atoms with Crippen LogP contribution in [0.4, 0.5) is 0 Å². The summed E-state index contributed by atoms with van der Waals surface area (Å²) >= 11 is 0. The minimum Gasteiger partial charge on any atom is -0.483 e. The molecule has 5 nitrogen and oxygen atoms in total. The van der Waals surface area contributed by atoms with Gasteiger partial charge in [-0.05, 0) is 50.3 Å². The molecule has 0 aliphatic rings. The molecule has 0 aliphatic heterocycles. The van der Waals surface area contributed by atoms with Gasteiger partial charge in [0.25, 0.3) is 5.91 Å². The van der Waals surface area contributed by atoms with Gasteiger partial charge in [0.1, 0.15) is 11.8 Å². The van der Waals surface area contributed by atoms with E-state index in [2.05, 4.69) is 5.32 Å². The number of nitrogens with one attached hydrogen (secondary N) is 1. The fraction of sp³-hybridized carbons (Fsp3) is 0.273. The summed E-state index contributed by atoms with van der Waals surface area (Å²) in [5.74, 6) is 0.211. The van der Waals surface area contributed by atoms with Crippen LogP contribution in [0.15, 0.2) is 97.1 Å². The molecule has 5 heteroatoms. The Morgan fingerprint density at radius 3 is 2.24 bits per heavy atom. The maximum atomic E-state index is 13.9. The molecule has 38 heavy (non-hydrogen) atoms. The summed E-state index contributed by atoms with van der Waals surface area (Å²) in [6.07, 6.45) is 0.397. The van der Waals surface area contributed by atoms with E-state index in [1.54, 1.807) is 4.90 Å². The van der Waals surface area contributed by atoms with Crippen LogP contribution in [-0.2, 0) is 22.6 Å². The van der Waals surface area contributed by atoms with Gasteiger partial charge in [0.05, 0.1) is 0 Å². The number of carbonyl (C=O) groups is 2. The predicted molar refractivity (Wildman–Crippen MR) is 153 cm³/mol. The second-order valence-electron chi connectivity index (χ2n) is 10.7. The van der Waals surface area contributed by atoms with Crippen molar-refractivity contribution in [1.29, 1.82) is 0 Å². The Morgan fingerprint density at radius 2 is 1.50 bits per heavy atom. The first-order chi connectivity index (χ1) is 18.2. The van der Waals surface area contributed by atoms with Crippen LogP contribution in [0.3, 0.4) is 0 Å². The lowest BCUT2D eigenvalue weighted by Gasteiger charge is -2.34. The molecule has 0 saturated carbocycles. The van der Waals surface area contributed by atoms with Gasteiger partial charge in [-0.1, -0.05) is 96.6 Å². The Balaban J connectivity index is 1.66. The number of ether oxygens (including phenoxy) is 1. The van der Waals surface area contributed by atoms with Crippen molar-refractivity contribution in [2.75, 3.05) is 6.61 Å². The van der Waals surface area contributed by atoms with Crippen molar-refractivity contribution in [3.8, 4) is 5.75 Å². The third-order valence-corrected chi connectivity index (χ3v) is 6.31. The van der Waals surface area contributed by atoms with Crippen molar-refractivity contribution in [3.63, 3.8) is 0 Å². The standard InChI is InChI=1S/C33H36N2O3/c1-24-12-10-15-26(20-24)22-35(29(32(37)34-33(2,3)4)21-25-13-6-5-7-14-25)31(36)23-38-30-19-11-17-27-16-8-9-18-28(27)30/h5-20,29H,21-23H2,1-4H3,(H,34,37). The van der Waals surface area contributed by atoms with E-state index in [4.69, 9.17) is 4.74 Å². The number of fused-ring (bicyclic) bond motifs is 1. The zero-order valence-electron chi connectivity index (χ0n) is 22.6. The molecule has 4 aromatic carbocycles. The molecule has 0 spiro atoms. The van der Waals surface area contributed by atoms with Gasteiger partial charge in [-0.25, -0.2) is 0 Å². The van der Waals surface area contributed by atoms with E-state index in [1.165, 1.54) is 0 Å². The summed E-state index contributed by atoms with van der Waals surface area (Å²) in [7, 11) is 0. The minimum atomic E-state index is -0.708. The van der Waals surface area contributed by atoms with E-state index in [9.17, 15) is 9.59 Å². The molecular formula is C33H36N2O3. The van der Waals surface area contributed by atoms with Crippen LogP contribution in [0.1, 0.15) is 37.5 Å². The molecule has 1 unspecified atom stereocenters. The minimum absolute atomic E-state index is 0.173. The normalized spacial score (nSPS) is 12.1. The molecule has 0 aromatic heterocycles. The van der Waals surface area contributed by atoms with E-state index >= 15 is 0 Å². The van der Waals surface area contributed by atoms with Crippen LogP contribution in [0, 0.1) is 6.92 Å². The van der Waals surface area contributed by atoms with Crippen LogP contribution in [0.2, 0.25) is 0 Å². The molecule has 0 bridgehead atoms. The van der Waals surface area contributed by atoms with Gasteiger partial charge in [-0.15, -0.1) is 0 Å². The summed E-state index contributed by atoms with van der Waals surface area (Å²) in [5, 5.41) is 5.08. The zero-order valence-corrected chi connectivity index (χ0v) is 22.6. The molecule has 0 fully saturated rings. The lowest BCUT2D eigenvalue weighted by atomic mass is 10.0. The third-order valence-electron chi connectivity index (χ3n) is 6.31. The predicted octanol–water partition coefficient (Wildman–Crippen LogP) is 6.08. The molecule has 0 radical (unpaired) electrons. The van der Waals surface area contributed by atoms with Gasteiger partial charge in [0, 0.05) is 23.9 Å². The van der Waals surface area contributed by atoms with Crippen LogP contribution >= 0.6 is 0 Å². The topological polar surface area (TPSA) is 58.6 Å². The second-order valence-corrected chi connectivity index (χ2v) is 10.7. The number of amides is 2. The molecular weight excluding hydrogens is 472 g/mol. The highest BCUT2D eigenvalue weighted by Crippen LogP contribution is 2.25. The largest absolute Gasteiger partial charge is 0.483 e. The Kier molecular flexibility index (Phi) is 8.47. The third kappa shape index (κ3) is 7.22. The van der Waals surface area contributed by atoms with Crippen molar-refractivity contribution in [2.45, 2.75) is 52.2 Å². The molecule has 196 valence electrons. The van der Waals surface area contributed by atoms with E-state index < -0.39 is 11.6 Å². The SMILES string of the molecule is Cc1cccc(CN(C(=O)COc2cccc3ccccc23)C(Cc2ccccc2)C(=O)NC(C)(C)C)c1. The van der Waals surface area contributed by atoms with Crippen molar-refractivity contribution in [3.05, 3.63) is 114 Å². The molecule has 4 rings (SSSR count). The monoisotopic (exact) mass is 508 g/mol. The van der Waals surface area contributed by atoms with Gasteiger partial charge in [-0.2, -0.15) is 0 Å². The van der Waals surface area contributed by atoms with E-state index in [1.807, 2.05) is 125 Å². The number of benzene rings is 4. The number of rotatable bonds is 9. The van der Waals surface area contributed by atoms with Crippen LogP contribution < -0.4 is 10.1 Å². The average Bonchev–Trinajstić information content (AvgIpc) is 2.89. The Morgan fingerprint density at radius 1 is 0.842 bits per heavy atom. The van der Waals surface area contributed by atoms with E-state index in [-0.39, 0.29) is 18.4 Å². The average molecular weight is 509 g/mol. The Bertz CT molecular complexity index is 1390. The first kappa shape index (κ1) is 26.9. The van der Waals surface area contributed by atoms with Gasteiger partial charge in [-0.3, -0.25) is 9.59 Å². The van der Waals surface area contributed by atoms with Crippen molar-refractivity contribution in [2.24, 2.45) is 0 Å². The highest BCUT2D eigenvalue weighted by molar-refractivity contribution is 5.90. The van der Waals surface area contributed by atoms with Crippen molar-refractivity contribution < 1.29 is 14.3 Å². The molecule has 2 amide bonds. The van der Waals surface area contributed by atoms with Gasteiger partial charge in [0.2, 0.25) is 5.91 Å². The lowest BCUT2D eigenvalue weighted by molar-refractivity contribution is -0.143. The molecule has 0 saturated heterocycles. The fourth-order valence-corrected chi connectivity index (χ4v) is 4.56. The lowest BCUT2D eigenvalue weighted by Crippen LogP contribution is -2.55. The smallest absolute Gasteiger partial charge is 0.261 e. The van der Waals surface area contributed by atoms with E-state index in [0.29, 0.717) is 18.7 Å². The summed E-state index contributed by atoms with van der Waals surface area (Å²) in [6.45, 7) is 7.98. The summed E-state index contributed by atoms with van der Waals surface area (Å²) in [5.41, 5.74) is 2.60. The number of carbonyl (C=O) groups excluding carboxylic acids is 2. The number of hydrogen-bond donors (Lipinski definition) is 1.